The zero-order valence-electron chi connectivity index (χ0n) is 44.5. The first-order valence-corrected chi connectivity index (χ1v) is 23.8. The van der Waals surface area contributed by atoms with Crippen LogP contribution in [0.5, 0.6) is 17.2 Å². The van der Waals surface area contributed by atoms with E-state index >= 15 is 0 Å². The molecule has 0 radical (unpaired) electrons. The Labute approximate surface area is 462 Å². The molecule has 0 unspecified atom stereocenters. The van der Waals surface area contributed by atoms with Gasteiger partial charge in [0, 0.05) is 79.7 Å². The topological polar surface area (TPSA) is 432 Å². The van der Waals surface area contributed by atoms with E-state index in [1.54, 1.807) is 0 Å². The normalized spacial score (nSPS) is 21.6. The van der Waals surface area contributed by atoms with Gasteiger partial charge in [0.25, 0.3) is 5.69 Å². The van der Waals surface area contributed by atoms with Crippen molar-refractivity contribution in [3.8, 4) is 17.2 Å². The van der Waals surface area contributed by atoms with Crippen LogP contribution in [0.2, 0.25) is 0 Å². The lowest BCUT2D eigenvalue weighted by atomic mass is 9.98. The van der Waals surface area contributed by atoms with E-state index in [2.05, 4.69) is 0 Å². The van der Waals surface area contributed by atoms with Crippen LogP contribution in [-0.4, -0.2) is 148 Å². The van der Waals surface area contributed by atoms with Gasteiger partial charge in [-0.1, -0.05) is 12.1 Å². The average molecular weight is 1160 g/mol. The molecule has 2 fully saturated rings. The van der Waals surface area contributed by atoms with Crippen LogP contribution in [0, 0.1) is 30.3 Å². The molecule has 0 amide bonds. The molecule has 444 valence electrons. The number of carbonyl (C=O) groups is 9. The number of hydrogen-bond acceptors (Lipinski definition) is 30. The summed E-state index contributed by atoms with van der Waals surface area (Å²) < 4.78 is 74.5. The second-order valence-corrected chi connectivity index (χ2v) is 17.0. The molecule has 82 heavy (non-hydrogen) atoms. The first kappa shape index (κ1) is 64.9. The summed E-state index contributed by atoms with van der Waals surface area (Å²) in [5.74, 6) is -7.41. The largest absolute Gasteiger partial charge is 0.514 e. The molecule has 3 aromatic carbocycles. The van der Waals surface area contributed by atoms with Crippen LogP contribution >= 0.6 is 0 Å². The molecule has 0 aromatic heterocycles. The standard InChI is InChI=1S/C28H28N2O17.C21H25NO13/c1-14(31)40-13-23-24(42-15(2)32)25(43-16(3)33)26(44-17(4)34)27(47-23)46-22-10-5-18(11-21(22)30(38)39)12-41-28(35)45-20-8-6-19(7-9-20)29(36)37;1-10(24)30-9-17-18(31-11(2)25)19(32-12(3)26)20(33-13(4)27)21(35-17)34-16-6-5-14(8-23)7-15(16)22(28)29/h5-11,23-27H,12-13H2,1-4H3;5-7,17-21,23H,8-9H2,1-4H3/t23-,24+,25+,26-,27-;17-,18+,19+,20-,21-/m11/s1. The maximum absolute atomic E-state index is 12.1. The molecule has 5 rings (SSSR count). The molecule has 0 bridgehead atoms. The van der Waals surface area contributed by atoms with Crippen LogP contribution < -0.4 is 14.2 Å². The van der Waals surface area contributed by atoms with Crippen molar-refractivity contribution in [2.24, 2.45) is 0 Å². The summed E-state index contributed by atoms with van der Waals surface area (Å²) in [4.78, 5) is 138. The van der Waals surface area contributed by atoms with Crippen LogP contribution in [0.15, 0.2) is 60.7 Å². The molecule has 10 atom stereocenters. The Kier molecular flexibility index (Phi) is 23.8. The van der Waals surface area contributed by atoms with E-state index in [4.69, 9.17) is 66.3 Å². The highest BCUT2D eigenvalue weighted by Crippen LogP contribution is 2.37. The minimum Gasteiger partial charge on any atom is -0.463 e. The van der Waals surface area contributed by atoms with Crippen LogP contribution in [-0.2, 0) is 104 Å². The van der Waals surface area contributed by atoms with Crippen LogP contribution in [0.25, 0.3) is 0 Å². The summed E-state index contributed by atoms with van der Waals surface area (Å²) in [7, 11) is 0. The summed E-state index contributed by atoms with van der Waals surface area (Å²) in [6.45, 7) is 6.45. The Hall–Kier alpha value is -9.63. The molecular formula is C49H53N3O30. The molecule has 3 aromatic rings. The minimum atomic E-state index is -1.74. The third kappa shape index (κ3) is 19.6. The van der Waals surface area contributed by atoms with E-state index in [0.717, 1.165) is 85.7 Å². The Morgan fingerprint density at radius 1 is 0.463 bits per heavy atom. The number of benzene rings is 3. The van der Waals surface area contributed by atoms with Gasteiger partial charge in [-0.3, -0.25) is 68.7 Å². The van der Waals surface area contributed by atoms with Crippen molar-refractivity contribution >= 4 is 71.0 Å². The van der Waals surface area contributed by atoms with Crippen LogP contribution in [0.3, 0.4) is 0 Å². The number of aliphatic hydroxyl groups excluding tert-OH is 1. The lowest BCUT2D eigenvalue weighted by molar-refractivity contribution is -0.387. The van der Waals surface area contributed by atoms with E-state index in [0.29, 0.717) is 0 Å². The average Bonchev–Trinajstić information content (AvgIpc) is 3.59. The lowest BCUT2D eigenvalue weighted by Crippen LogP contribution is -2.63. The molecule has 33 heteroatoms. The highest BCUT2D eigenvalue weighted by Gasteiger charge is 2.55. The van der Waals surface area contributed by atoms with E-state index in [9.17, 15) is 78.6 Å². The molecule has 2 aliphatic rings. The van der Waals surface area contributed by atoms with Gasteiger partial charge in [-0.25, -0.2) is 4.79 Å². The molecule has 2 heterocycles. The first-order chi connectivity index (χ1) is 38.6. The maximum Gasteiger partial charge on any atom is 0.514 e. The monoisotopic (exact) mass is 1160 g/mol. The quantitative estimate of drug-likeness (QED) is 0.0526. The van der Waals surface area contributed by atoms with Crippen molar-refractivity contribution in [3.63, 3.8) is 0 Å². The summed E-state index contributed by atoms with van der Waals surface area (Å²) in [5, 5.41) is 43.6. The number of nitro groups is 3. The summed E-state index contributed by atoms with van der Waals surface area (Å²) in [6.07, 6.45) is -16.4. The van der Waals surface area contributed by atoms with Gasteiger partial charge in [0.05, 0.1) is 21.4 Å². The molecule has 0 aliphatic carbocycles. The van der Waals surface area contributed by atoms with Gasteiger partial charge in [0.15, 0.2) is 35.9 Å². The second kappa shape index (κ2) is 30.1. The number of carbonyl (C=O) groups excluding carboxylic acids is 9. The van der Waals surface area contributed by atoms with Crippen molar-refractivity contribution in [2.75, 3.05) is 13.2 Å². The van der Waals surface area contributed by atoms with Gasteiger partial charge in [-0.2, -0.15) is 0 Å². The third-order valence-corrected chi connectivity index (χ3v) is 10.6. The molecule has 1 N–H and O–H groups in total. The second-order valence-electron chi connectivity index (χ2n) is 17.0. The zero-order valence-corrected chi connectivity index (χ0v) is 44.5. The minimum absolute atomic E-state index is 0.0554. The van der Waals surface area contributed by atoms with E-state index in [1.165, 1.54) is 30.3 Å². The number of esters is 8. The Balaban J connectivity index is 0.000000368. The number of nitro benzene ring substituents is 3. The first-order valence-electron chi connectivity index (χ1n) is 23.8. The van der Waals surface area contributed by atoms with Crippen molar-refractivity contribution < 1.29 is 129 Å². The third-order valence-electron chi connectivity index (χ3n) is 10.6. The summed E-state index contributed by atoms with van der Waals surface area (Å²) >= 11 is 0. The van der Waals surface area contributed by atoms with Crippen molar-refractivity contribution in [1.29, 1.82) is 0 Å². The predicted molar refractivity (Wildman–Crippen MR) is 261 cm³/mol. The van der Waals surface area contributed by atoms with Gasteiger partial charge in [-0.05, 0) is 35.4 Å². The summed E-state index contributed by atoms with van der Waals surface area (Å²) in [6, 6.07) is 11.6. The molecule has 2 saturated heterocycles. The number of rotatable bonds is 21. The Bertz CT molecular complexity index is 2880. The van der Waals surface area contributed by atoms with Crippen molar-refractivity contribution in [1.82, 2.24) is 0 Å². The molecule has 2 aliphatic heterocycles. The smallest absolute Gasteiger partial charge is 0.463 e. The zero-order chi connectivity index (χ0) is 61.1. The fourth-order valence-corrected chi connectivity index (χ4v) is 7.52. The van der Waals surface area contributed by atoms with E-state index in [-0.39, 0.29) is 28.3 Å². The number of non-ortho nitro benzene ring substituents is 1. The van der Waals surface area contributed by atoms with Crippen molar-refractivity contribution in [2.45, 2.75) is 130 Å². The van der Waals surface area contributed by atoms with Crippen LogP contribution in [0.1, 0.15) is 66.5 Å². The number of hydrogen-bond donors (Lipinski definition) is 1. The van der Waals surface area contributed by atoms with E-state index in [1.807, 2.05) is 0 Å². The fraction of sp³-hybridized carbons (Fsp3) is 0.449. The molecule has 33 nitrogen and oxygen atoms in total. The van der Waals surface area contributed by atoms with Crippen molar-refractivity contribution in [3.05, 3.63) is 102 Å². The van der Waals surface area contributed by atoms with Crippen LogP contribution in [0.4, 0.5) is 21.9 Å². The predicted octanol–water partition coefficient (Wildman–Crippen LogP) is 3.23. The Morgan fingerprint density at radius 3 is 1.18 bits per heavy atom. The van der Waals surface area contributed by atoms with Gasteiger partial charge in [0.1, 0.15) is 37.8 Å². The molecular weight excluding hydrogens is 1110 g/mol. The highest BCUT2D eigenvalue weighted by molar-refractivity contribution is 5.70. The number of aliphatic hydroxyl groups is 1. The summed E-state index contributed by atoms with van der Waals surface area (Å²) in [5.41, 5.74) is -1.10. The SMILES string of the molecule is CC(=O)OC[C@H]1O[C@@H](Oc2ccc(CO)cc2[N+](=O)[O-])[C@H](OC(C)=O)[C@@H](OC(C)=O)[C@H]1OC(C)=O.CC(=O)OC[C@H]1O[C@@H](Oc2ccc(COC(=O)Oc3ccc([N+](=O)[O-])cc3)cc2[N+](=O)[O-])[C@H](OC(C)=O)[C@@H](OC(C)=O)[C@H]1OC(C)=O. The molecule has 0 saturated carbocycles. The Morgan fingerprint density at radius 2 is 0.829 bits per heavy atom. The highest BCUT2D eigenvalue weighted by atomic mass is 16.8. The maximum atomic E-state index is 12.1. The van der Waals surface area contributed by atoms with E-state index < -0.39 is 174 Å². The fourth-order valence-electron chi connectivity index (χ4n) is 7.52. The van der Waals surface area contributed by atoms with Gasteiger partial charge in [-0.15, -0.1) is 0 Å². The van der Waals surface area contributed by atoms with Gasteiger partial charge >= 0.3 is 65.3 Å². The number of nitrogens with zero attached hydrogens (tertiary/aromatic N) is 3. The van der Waals surface area contributed by atoms with Gasteiger partial charge < -0.3 is 71.4 Å². The lowest BCUT2D eigenvalue weighted by Gasteiger charge is -2.43. The van der Waals surface area contributed by atoms with Gasteiger partial charge in [0.2, 0.25) is 24.8 Å². The molecule has 0 spiro atoms. The number of ether oxygens (including phenoxy) is 14.